The smallest absolute Gasteiger partial charge is 0.337 e. The number of carbonyl (C=O) groups excluding carboxylic acids is 1. The summed E-state index contributed by atoms with van der Waals surface area (Å²) in [6.07, 6.45) is 0. The number of rotatable bonds is 7. The van der Waals surface area contributed by atoms with Gasteiger partial charge in [-0.05, 0) is 26.0 Å². The standard InChI is InChI=1S/C14H18ClNO6/c1-4-22-11-9(15)5-8(6-10(11)21-3)12(17)16-7-14(2,20)13(18)19/h5-6,20H,4,7H2,1-3H3,(H,16,17)(H,18,19). The van der Waals surface area contributed by atoms with Gasteiger partial charge in [0.2, 0.25) is 0 Å². The van der Waals surface area contributed by atoms with Gasteiger partial charge in [-0.3, -0.25) is 4.79 Å². The monoisotopic (exact) mass is 331 g/mol. The van der Waals surface area contributed by atoms with Crippen LogP contribution in [0.25, 0.3) is 0 Å². The Bertz CT molecular complexity index is 573. The van der Waals surface area contributed by atoms with E-state index in [9.17, 15) is 14.7 Å². The van der Waals surface area contributed by atoms with E-state index in [2.05, 4.69) is 5.32 Å². The number of nitrogens with one attached hydrogen (secondary N) is 1. The summed E-state index contributed by atoms with van der Waals surface area (Å²) in [6, 6.07) is 2.79. The van der Waals surface area contributed by atoms with E-state index >= 15 is 0 Å². The van der Waals surface area contributed by atoms with Gasteiger partial charge in [0.1, 0.15) is 0 Å². The fraction of sp³-hybridized carbons (Fsp3) is 0.429. The van der Waals surface area contributed by atoms with Crippen LogP contribution in [0.3, 0.4) is 0 Å². The van der Waals surface area contributed by atoms with Gasteiger partial charge in [0.15, 0.2) is 17.1 Å². The highest BCUT2D eigenvalue weighted by Gasteiger charge is 2.30. The summed E-state index contributed by atoms with van der Waals surface area (Å²) in [6.45, 7) is 2.79. The lowest BCUT2D eigenvalue weighted by molar-refractivity contribution is -0.155. The number of carboxylic acids is 1. The molecule has 1 rings (SSSR count). The molecule has 22 heavy (non-hydrogen) atoms. The molecular weight excluding hydrogens is 314 g/mol. The molecule has 1 aromatic rings. The van der Waals surface area contributed by atoms with Crippen molar-refractivity contribution in [1.82, 2.24) is 5.32 Å². The van der Waals surface area contributed by atoms with Gasteiger partial charge in [0, 0.05) is 5.56 Å². The van der Waals surface area contributed by atoms with Crippen molar-refractivity contribution in [2.75, 3.05) is 20.3 Å². The number of hydrogen-bond acceptors (Lipinski definition) is 5. The molecule has 7 nitrogen and oxygen atoms in total. The van der Waals surface area contributed by atoms with E-state index in [0.29, 0.717) is 12.4 Å². The Morgan fingerprint density at radius 3 is 2.55 bits per heavy atom. The number of amides is 1. The van der Waals surface area contributed by atoms with E-state index in [0.717, 1.165) is 6.92 Å². The van der Waals surface area contributed by atoms with Crippen LogP contribution in [0.1, 0.15) is 24.2 Å². The van der Waals surface area contributed by atoms with Gasteiger partial charge in [-0.1, -0.05) is 11.6 Å². The molecule has 0 aliphatic heterocycles. The van der Waals surface area contributed by atoms with Crippen LogP contribution >= 0.6 is 11.6 Å². The summed E-state index contributed by atoms with van der Waals surface area (Å²) in [5, 5.41) is 20.9. The van der Waals surface area contributed by atoms with Gasteiger partial charge in [-0.25, -0.2) is 4.79 Å². The highest BCUT2D eigenvalue weighted by molar-refractivity contribution is 6.32. The summed E-state index contributed by atoms with van der Waals surface area (Å²) in [5.41, 5.74) is -1.90. The van der Waals surface area contributed by atoms with E-state index in [-0.39, 0.29) is 16.3 Å². The number of benzene rings is 1. The molecule has 0 aromatic heterocycles. The van der Waals surface area contributed by atoms with Gasteiger partial charge < -0.3 is 25.0 Å². The molecule has 0 aliphatic rings. The topological polar surface area (TPSA) is 105 Å². The highest BCUT2D eigenvalue weighted by Crippen LogP contribution is 2.36. The van der Waals surface area contributed by atoms with Crippen LogP contribution < -0.4 is 14.8 Å². The van der Waals surface area contributed by atoms with Crippen molar-refractivity contribution >= 4 is 23.5 Å². The minimum Gasteiger partial charge on any atom is -0.493 e. The number of aliphatic hydroxyl groups is 1. The summed E-state index contributed by atoms with van der Waals surface area (Å²) >= 11 is 6.05. The molecule has 0 aliphatic carbocycles. The number of carboxylic acid groups (broad SMARTS) is 1. The molecule has 0 spiro atoms. The zero-order chi connectivity index (χ0) is 16.9. The van der Waals surface area contributed by atoms with Gasteiger partial charge in [-0.15, -0.1) is 0 Å². The minimum atomic E-state index is -2.06. The molecule has 1 atom stereocenters. The van der Waals surface area contributed by atoms with Gasteiger partial charge in [0.05, 0.1) is 25.3 Å². The lowest BCUT2D eigenvalue weighted by Crippen LogP contribution is -2.46. The first kappa shape index (κ1) is 18.1. The van der Waals surface area contributed by atoms with Gasteiger partial charge in [-0.2, -0.15) is 0 Å². The Morgan fingerprint density at radius 2 is 2.05 bits per heavy atom. The maximum atomic E-state index is 12.0. The summed E-state index contributed by atoms with van der Waals surface area (Å²) < 4.78 is 10.5. The predicted molar refractivity (Wildman–Crippen MR) is 79.8 cm³/mol. The molecule has 8 heteroatoms. The first-order valence-electron chi connectivity index (χ1n) is 6.47. The van der Waals surface area contributed by atoms with Crippen LogP contribution in [-0.2, 0) is 4.79 Å². The third kappa shape index (κ3) is 4.25. The van der Waals surface area contributed by atoms with Crippen molar-refractivity contribution in [2.24, 2.45) is 0 Å². The van der Waals surface area contributed by atoms with Crippen molar-refractivity contribution < 1.29 is 29.3 Å². The Balaban J connectivity index is 2.95. The molecule has 0 radical (unpaired) electrons. The number of ether oxygens (including phenoxy) is 2. The van der Waals surface area contributed by atoms with E-state index in [1.54, 1.807) is 6.92 Å². The number of aliphatic carboxylic acids is 1. The SMILES string of the molecule is CCOc1c(Cl)cc(C(=O)NCC(C)(O)C(=O)O)cc1OC. The zero-order valence-electron chi connectivity index (χ0n) is 12.5. The predicted octanol–water partition coefficient (Wildman–Crippen LogP) is 1.31. The molecular formula is C14H18ClNO6. The average Bonchev–Trinajstić information content (AvgIpc) is 2.46. The molecule has 0 saturated carbocycles. The lowest BCUT2D eigenvalue weighted by Gasteiger charge is -2.18. The van der Waals surface area contributed by atoms with E-state index in [4.69, 9.17) is 26.2 Å². The van der Waals surface area contributed by atoms with Crippen molar-refractivity contribution in [3.05, 3.63) is 22.7 Å². The highest BCUT2D eigenvalue weighted by atomic mass is 35.5. The van der Waals surface area contributed by atoms with Crippen molar-refractivity contribution in [3.8, 4) is 11.5 Å². The molecule has 1 amide bonds. The van der Waals surface area contributed by atoms with Crippen molar-refractivity contribution in [2.45, 2.75) is 19.4 Å². The van der Waals surface area contributed by atoms with Crippen LogP contribution in [0, 0.1) is 0 Å². The third-order valence-corrected chi connectivity index (χ3v) is 3.11. The number of methoxy groups -OCH3 is 1. The van der Waals surface area contributed by atoms with Crippen LogP contribution in [-0.4, -0.2) is 48.0 Å². The van der Waals surface area contributed by atoms with Crippen molar-refractivity contribution in [3.63, 3.8) is 0 Å². The van der Waals surface area contributed by atoms with E-state index in [1.807, 2.05) is 0 Å². The second-order valence-electron chi connectivity index (χ2n) is 4.68. The molecule has 1 aromatic carbocycles. The normalized spacial score (nSPS) is 13.1. The molecule has 0 fully saturated rings. The largest absolute Gasteiger partial charge is 0.493 e. The van der Waals surface area contributed by atoms with Gasteiger partial charge >= 0.3 is 5.97 Å². The summed E-state index contributed by atoms with van der Waals surface area (Å²) in [7, 11) is 1.41. The number of hydrogen-bond donors (Lipinski definition) is 3. The number of halogens is 1. The first-order valence-corrected chi connectivity index (χ1v) is 6.85. The maximum Gasteiger partial charge on any atom is 0.337 e. The number of carbonyl (C=O) groups is 2. The maximum absolute atomic E-state index is 12.0. The lowest BCUT2D eigenvalue weighted by atomic mass is 10.1. The molecule has 3 N–H and O–H groups in total. The van der Waals surface area contributed by atoms with Crippen LogP contribution in [0.4, 0.5) is 0 Å². The van der Waals surface area contributed by atoms with E-state index < -0.39 is 24.0 Å². The molecule has 0 bridgehead atoms. The average molecular weight is 332 g/mol. The van der Waals surface area contributed by atoms with Gasteiger partial charge in [0.25, 0.3) is 5.91 Å². The molecule has 122 valence electrons. The molecule has 1 unspecified atom stereocenters. The van der Waals surface area contributed by atoms with Crippen LogP contribution in [0.2, 0.25) is 5.02 Å². The summed E-state index contributed by atoms with van der Waals surface area (Å²) in [5.74, 6) is -1.43. The second-order valence-corrected chi connectivity index (χ2v) is 5.09. The molecule has 0 heterocycles. The fourth-order valence-corrected chi connectivity index (χ4v) is 1.83. The zero-order valence-corrected chi connectivity index (χ0v) is 13.2. The Kier molecular flexibility index (Phi) is 6.01. The third-order valence-electron chi connectivity index (χ3n) is 2.83. The second kappa shape index (κ2) is 7.33. The quantitative estimate of drug-likeness (QED) is 0.696. The minimum absolute atomic E-state index is 0.159. The molecule has 0 saturated heterocycles. The fourth-order valence-electron chi connectivity index (χ4n) is 1.57. The Hall–Kier alpha value is -1.99. The first-order chi connectivity index (χ1) is 10.2. The Morgan fingerprint density at radius 1 is 1.41 bits per heavy atom. The van der Waals surface area contributed by atoms with Crippen LogP contribution in [0.15, 0.2) is 12.1 Å². The Labute approximate surface area is 132 Å². The van der Waals surface area contributed by atoms with Crippen molar-refractivity contribution in [1.29, 1.82) is 0 Å². The van der Waals surface area contributed by atoms with Crippen LogP contribution in [0.5, 0.6) is 11.5 Å². The van der Waals surface area contributed by atoms with E-state index in [1.165, 1.54) is 19.2 Å². The summed E-state index contributed by atoms with van der Waals surface area (Å²) in [4.78, 5) is 22.8.